The molecule has 0 amide bonds. The van der Waals surface area contributed by atoms with Crippen LogP contribution in [0.3, 0.4) is 0 Å². The molecule has 402 valence electrons. The van der Waals surface area contributed by atoms with Gasteiger partial charge in [0.05, 0.1) is 49.1 Å². The quantitative estimate of drug-likeness (QED) is 0.127. The Morgan fingerprint density at radius 3 is 2.11 bits per heavy atom. The number of hydrogen-bond acceptors (Lipinski definition) is 21. The number of carbonyl (C=O) groups is 5. The summed E-state index contributed by atoms with van der Waals surface area (Å²) in [7, 11) is 6.64. The van der Waals surface area contributed by atoms with E-state index in [0.29, 0.717) is 31.5 Å². The average molecular weight is 1010 g/mol. The highest BCUT2D eigenvalue weighted by molar-refractivity contribution is 5.91. The van der Waals surface area contributed by atoms with Gasteiger partial charge in [-0.15, -0.1) is 5.10 Å². The van der Waals surface area contributed by atoms with Gasteiger partial charge in [0.25, 0.3) is 0 Å². The molecule has 3 aliphatic rings. The van der Waals surface area contributed by atoms with E-state index < -0.39 is 121 Å². The molecular formula is C49H79N5O17. The van der Waals surface area contributed by atoms with Crippen molar-refractivity contribution in [2.45, 2.75) is 180 Å². The molecule has 4 rings (SSSR count). The summed E-state index contributed by atoms with van der Waals surface area (Å²) in [5.41, 5.74) is 1.28. The average Bonchev–Trinajstić information content (AvgIpc) is 3.73. The summed E-state index contributed by atoms with van der Waals surface area (Å²) in [6.07, 6.45) is -5.39. The van der Waals surface area contributed by atoms with E-state index in [1.807, 2.05) is 38.8 Å². The van der Waals surface area contributed by atoms with E-state index in [-0.39, 0.29) is 44.2 Å². The first-order chi connectivity index (χ1) is 33.5. The normalized spacial score (nSPS) is 35.9. The number of aromatic nitrogens is 3. The lowest BCUT2D eigenvalue weighted by atomic mass is 9.79. The fourth-order valence-electron chi connectivity index (χ4n) is 9.72. The van der Waals surface area contributed by atoms with Crippen molar-refractivity contribution >= 4 is 29.7 Å². The monoisotopic (exact) mass is 1010 g/mol. The molecule has 71 heavy (non-hydrogen) atoms. The maximum Gasteiger partial charge on any atom is 0.308 e. The van der Waals surface area contributed by atoms with Crippen molar-refractivity contribution in [2.75, 3.05) is 41.4 Å². The lowest BCUT2D eigenvalue weighted by Gasteiger charge is -2.46. The highest BCUT2D eigenvalue weighted by Gasteiger charge is 2.53. The highest BCUT2D eigenvalue weighted by atomic mass is 16.7. The van der Waals surface area contributed by atoms with Crippen molar-refractivity contribution < 1.29 is 82.3 Å². The Morgan fingerprint density at radius 1 is 0.859 bits per heavy atom. The van der Waals surface area contributed by atoms with E-state index in [1.54, 1.807) is 45.1 Å². The predicted octanol–water partition coefficient (Wildman–Crippen LogP) is 1.48. The lowest BCUT2D eigenvalue weighted by molar-refractivity contribution is -0.304. The number of carbonyl (C=O) groups excluding carboxylic acids is 5. The van der Waals surface area contributed by atoms with Crippen molar-refractivity contribution in [3.05, 3.63) is 35.7 Å². The van der Waals surface area contributed by atoms with Crippen LogP contribution in [0.4, 0.5) is 0 Å². The van der Waals surface area contributed by atoms with Gasteiger partial charge in [-0.3, -0.25) is 24.0 Å². The maximum absolute atomic E-state index is 13.9. The van der Waals surface area contributed by atoms with Crippen molar-refractivity contribution in [3.8, 4) is 0 Å². The molecular weight excluding hydrogens is 931 g/mol. The zero-order valence-corrected chi connectivity index (χ0v) is 43.3. The number of aliphatic hydroxyl groups excluding tert-OH is 4. The number of methoxy groups -OCH3 is 1. The number of esters is 4. The summed E-state index contributed by atoms with van der Waals surface area (Å²) < 4.78 is 48.4. The molecule has 2 unspecified atom stereocenters. The summed E-state index contributed by atoms with van der Waals surface area (Å²) in [6.45, 7) is 12.9. The molecule has 2 saturated heterocycles. The molecule has 0 radical (unpaired) electrons. The Balaban J connectivity index is 1.65. The molecule has 22 nitrogen and oxygen atoms in total. The van der Waals surface area contributed by atoms with Crippen molar-refractivity contribution in [1.82, 2.24) is 24.8 Å². The van der Waals surface area contributed by atoms with Crippen LogP contribution in [-0.4, -0.2) is 196 Å². The van der Waals surface area contributed by atoms with Crippen molar-refractivity contribution in [2.24, 2.45) is 23.7 Å². The number of hydrogen-bond donors (Lipinski definition) is 4. The topological polar surface area (TPSA) is 277 Å². The second-order valence-corrected chi connectivity index (χ2v) is 19.5. The molecule has 1 aromatic rings. The van der Waals surface area contributed by atoms with Gasteiger partial charge in [0.1, 0.15) is 18.3 Å². The molecule has 0 aliphatic carbocycles. The minimum absolute atomic E-state index is 0.0502. The second-order valence-electron chi connectivity index (χ2n) is 19.5. The molecule has 22 heteroatoms. The van der Waals surface area contributed by atoms with E-state index in [9.17, 15) is 44.4 Å². The molecule has 0 bridgehead atoms. The summed E-state index contributed by atoms with van der Waals surface area (Å²) in [5.74, 6) is -5.08. The first kappa shape index (κ1) is 59.3. The third-order valence-corrected chi connectivity index (χ3v) is 13.4. The van der Waals surface area contributed by atoms with E-state index in [0.717, 1.165) is 5.57 Å². The van der Waals surface area contributed by atoms with Crippen molar-refractivity contribution in [1.29, 1.82) is 0 Å². The number of ether oxygens (including phenoxy) is 8. The SMILES string of the molecule is CC[C@H]1OC(=O)C[C@@H](O)[C@H](C)[C@@H](O[C@@H]2O[C@H](C)[C@@H](O)C(N(C)C)C2O)[C@@H](CCN(C)Cc2cn(C[C@H]3O[C@H](OC)[C@H](OC(C)=O)[C@@H](OC(C)=O)[C@@H]3OC(C)=O)nn2)C[C@@H](C)C(=O)/C=C/C(C)=C/[C@@H]1CCO. The maximum atomic E-state index is 13.9. The first-order valence-electron chi connectivity index (χ1n) is 24.5. The van der Waals surface area contributed by atoms with Gasteiger partial charge < -0.3 is 68.1 Å². The Hall–Kier alpha value is -4.23. The zero-order valence-electron chi connectivity index (χ0n) is 43.3. The van der Waals surface area contributed by atoms with Gasteiger partial charge in [0, 0.05) is 65.0 Å². The molecule has 3 aliphatic heterocycles. The lowest BCUT2D eigenvalue weighted by Crippen LogP contribution is -2.63. The number of allylic oxidation sites excluding steroid dienone is 3. The van der Waals surface area contributed by atoms with Crippen LogP contribution in [0.15, 0.2) is 30.0 Å². The third-order valence-electron chi connectivity index (χ3n) is 13.4. The Morgan fingerprint density at radius 2 is 1.51 bits per heavy atom. The Bertz CT molecular complexity index is 1960. The fourth-order valence-corrected chi connectivity index (χ4v) is 9.72. The summed E-state index contributed by atoms with van der Waals surface area (Å²) >= 11 is 0. The molecule has 0 spiro atoms. The van der Waals surface area contributed by atoms with E-state index in [2.05, 4.69) is 10.3 Å². The number of aliphatic hydroxyl groups is 4. The van der Waals surface area contributed by atoms with Gasteiger partial charge in [-0.25, -0.2) is 4.68 Å². The first-order valence-corrected chi connectivity index (χ1v) is 24.5. The smallest absolute Gasteiger partial charge is 0.308 e. The molecule has 0 saturated carbocycles. The molecule has 2 fully saturated rings. The van der Waals surface area contributed by atoms with Crippen LogP contribution in [0.2, 0.25) is 0 Å². The van der Waals surface area contributed by atoms with Crippen LogP contribution in [0, 0.1) is 23.7 Å². The summed E-state index contributed by atoms with van der Waals surface area (Å²) in [4.78, 5) is 67.7. The molecule has 0 aromatic carbocycles. The largest absolute Gasteiger partial charge is 0.462 e. The Kier molecular flexibility index (Phi) is 23.2. The van der Waals surface area contributed by atoms with Gasteiger partial charge >= 0.3 is 23.9 Å². The minimum Gasteiger partial charge on any atom is -0.462 e. The fraction of sp³-hybridized carbons (Fsp3) is 0.776. The number of nitrogens with zero attached hydrogens (tertiary/aromatic N) is 5. The number of cyclic esters (lactones) is 1. The summed E-state index contributed by atoms with van der Waals surface area (Å²) in [5, 5.41) is 53.1. The van der Waals surface area contributed by atoms with Crippen LogP contribution >= 0.6 is 0 Å². The van der Waals surface area contributed by atoms with Crippen LogP contribution in [0.1, 0.15) is 93.2 Å². The zero-order chi connectivity index (χ0) is 52.9. The van der Waals surface area contributed by atoms with E-state index in [1.165, 1.54) is 38.6 Å². The van der Waals surface area contributed by atoms with E-state index in [4.69, 9.17) is 37.9 Å². The van der Waals surface area contributed by atoms with Crippen LogP contribution in [-0.2, 0) is 75.0 Å². The van der Waals surface area contributed by atoms with Gasteiger partial charge in [-0.05, 0) is 79.2 Å². The van der Waals surface area contributed by atoms with Gasteiger partial charge in [0.2, 0.25) is 0 Å². The highest BCUT2D eigenvalue weighted by Crippen LogP contribution is 2.36. The van der Waals surface area contributed by atoms with Crippen LogP contribution in [0.25, 0.3) is 0 Å². The second kappa shape index (κ2) is 27.7. The van der Waals surface area contributed by atoms with Gasteiger partial charge in [0.15, 0.2) is 36.7 Å². The van der Waals surface area contributed by atoms with E-state index >= 15 is 0 Å². The van der Waals surface area contributed by atoms with Crippen LogP contribution < -0.4 is 0 Å². The van der Waals surface area contributed by atoms with Crippen molar-refractivity contribution in [3.63, 3.8) is 0 Å². The predicted molar refractivity (Wildman–Crippen MR) is 252 cm³/mol. The minimum atomic E-state index is -1.33. The third kappa shape index (κ3) is 16.9. The molecule has 17 atom stereocenters. The van der Waals surface area contributed by atoms with Gasteiger partial charge in [-0.1, -0.05) is 43.7 Å². The number of ketones is 1. The number of likely N-dealkylation sites (N-methyl/N-ethyl adjacent to an activating group) is 1. The number of rotatable bonds is 17. The Labute approximate surface area is 416 Å². The summed E-state index contributed by atoms with van der Waals surface area (Å²) in [6, 6.07) is -0.769. The molecule has 1 aromatic heterocycles. The standard InChI is InChI=1S/C49H79N5O17/c1-13-38-33(17-19-55)20-26(2)14-15-36(59)27(3)21-34(44(28(4)37(60)22-40(61)69-38)71-48-43(63)41(52(9)10)42(62)29(5)65-48)16-18-53(11)23-35-24-54(51-50-35)25-39-45(66-30(6)56)46(67-31(7)57)47(68-32(8)58)49(64-12)70-39/h14-15,20,24,27-29,33-34,37-39,41-49,55,60,62-63H,13,16-19,21-23,25H2,1-12H3/b15-14+,26-20+/t27-,28+,29-,33+,34+,37-,38-,39-,41?,42-,43?,44-,45-,46+,47-,48+,49+/m1/s1. The van der Waals surface area contributed by atoms with Crippen LogP contribution in [0.5, 0.6) is 0 Å². The molecule has 4 N–H and O–H groups in total. The van der Waals surface area contributed by atoms with Gasteiger partial charge in [-0.2, -0.15) is 0 Å². The molecule has 4 heterocycles.